The molecule has 0 saturated carbocycles. The molecule has 0 spiro atoms. The van der Waals surface area contributed by atoms with E-state index in [0.717, 1.165) is 0 Å². The van der Waals surface area contributed by atoms with E-state index >= 15 is 0 Å². The molecule has 17 heavy (non-hydrogen) atoms. The van der Waals surface area contributed by atoms with Gasteiger partial charge in [-0.1, -0.05) is 31.7 Å². The van der Waals surface area contributed by atoms with Gasteiger partial charge >= 0.3 is 0 Å². The number of ketones is 1. The number of halogens is 1. The van der Waals surface area contributed by atoms with Crippen molar-refractivity contribution >= 4 is 17.4 Å². The van der Waals surface area contributed by atoms with Crippen molar-refractivity contribution in [3.63, 3.8) is 0 Å². The van der Waals surface area contributed by atoms with E-state index in [1.54, 1.807) is 25.2 Å². The first-order valence-electron chi connectivity index (χ1n) is 5.45. The fourth-order valence-electron chi connectivity index (χ4n) is 1.79. The van der Waals surface area contributed by atoms with E-state index in [9.17, 15) is 9.90 Å². The summed E-state index contributed by atoms with van der Waals surface area (Å²) in [7, 11) is 0. The van der Waals surface area contributed by atoms with Gasteiger partial charge in [-0.05, 0) is 0 Å². The number of ether oxygens (including phenoxy) is 1. The third-order valence-electron chi connectivity index (χ3n) is 3.10. The van der Waals surface area contributed by atoms with Crippen molar-refractivity contribution < 1.29 is 14.6 Å². The average molecular weight is 260 g/mol. The topological polar surface area (TPSA) is 72.6 Å². The molecule has 3 N–H and O–H groups in total. The van der Waals surface area contributed by atoms with Crippen LogP contribution in [0.2, 0.25) is 0 Å². The van der Waals surface area contributed by atoms with Crippen LogP contribution >= 0.6 is 11.6 Å². The molecule has 0 amide bonds. The Morgan fingerprint density at radius 1 is 1.76 bits per heavy atom. The largest absolute Gasteiger partial charge is 0.383 e. The fraction of sp³-hybridized carbons (Fsp3) is 0.583. The Balaban J connectivity index is 2.84. The van der Waals surface area contributed by atoms with Gasteiger partial charge < -0.3 is 15.6 Å². The Labute approximate surface area is 106 Å². The normalized spacial score (nSPS) is 33.6. The summed E-state index contributed by atoms with van der Waals surface area (Å²) < 4.78 is 5.14. The lowest BCUT2D eigenvalue weighted by molar-refractivity contribution is -0.149. The molecule has 1 saturated heterocycles. The molecule has 0 aliphatic carbocycles. The van der Waals surface area contributed by atoms with Gasteiger partial charge in [0.25, 0.3) is 0 Å². The number of carbonyl (C=O) groups is 1. The molecule has 0 aromatic rings. The Kier molecular flexibility index (Phi) is 4.89. The van der Waals surface area contributed by atoms with Crippen molar-refractivity contribution in [2.45, 2.75) is 23.9 Å². The van der Waals surface area contributed by atoms with Crippen molar-refractivity contribution in [3.05, 3.63) is 24.8 Å². The van der Waals surface area contributed by atoms with Crippen LogP contribution in [0.4, 0.5) is 0 Å². The van der Waals surface area contributed by atoms with Crippen LogP contribution in [-0.4, -0.2) is 41.1 Å². The molecule has 1 fully saturated rings. The zero-order valence-electron chi connectivity index (χ0n) is 9.80. The number of aliphatic hydroxyl groups excluding tert-OH is 1. The smallest absolute Gasteiger partial charge is 0.186 e. The summed E-state index contributed by atoms with van der Waals surface area (Å²) in [5.41, 5.74) is 4.79. The Morgan fingerprint density at radius 3 is 3.00 bits per heavy atom. The fourth-order valence-corrected chi connectivity index (χ4v) is 2.10. The number of aliphatic hydroxyl groups is 1. The lowest BCUT2D eigenvalue weighted by Crippen LogP contribution is -2.65. The summed E-state index contributed by atoms with van der Waals surface area (Å²) >= 11 is 6.14. The molecule has 4 unspecified atom stereocenters. The van der Waals surface area contributed by atoms with Crippen LogP contribution in [0.1, 0.15) is 6.92 Å². The molecule has 96 valence electrons. The zero-order chi connectivity index (χ0) is 13.1. The highest BCUT2D eigenvalue weighted by atomic mass is 35.5. The molecule has 1 aliphatic heterocycles. The predicted molar refractivity (Wildman–Crippen MR) is 66.9 cm³/mol. The van der Waals surface area contributed by atoms with Gasteiger partial charge in [-0.3, -0.25) is 4.79 Å². The van der Waals surface area contributed by atoms with E-state index in [2.05, 4.69) is 6.58 Å². The van der Waals surface area contributed by atoms with Gasteiger partial charge in [0.2, 0.25) is 0 Å². The van der Waals surface area contributed by atoms with Crippen LogP contribution in [0, 0.1) is 5.92 Å². The predicted octanol–water partition coefficient (Wildman–Crippen LogP) is 0.630. The number of allylic oxidation sites excluding steroid dienone is 3. The Bertz CT molecular complexity index is 332. The number of rotatable bonds is 4. The minimum Gasteiger partial charge on any atom is -0.383 e. The number of carbonyl (C=O) groups excluding carboxylic acids is 1. The number of hydrogen-bond donors (Lipinski definition) is 2. The van der Waals surface area contributed by atoms with Crippen molar-refractivity contribution in [1.82, 2.24) is 0 Å². The van der Waals surface area contributed by atoms with Gasteiger partial charge in [-0.25, -0.2) is 0 Å². The van der Waals surface area contributed by atoms with Gasteiger partial charge in [0.15, 0.2) is 5.78 Å². The number of nitrogens with two attached hydrogens (primary N) is 1. The molecule has 1 rings (SSSR count). The van der Waals surface area contributed by atoms with Gasteiger partial charge in [-0.2, -0.15) is 0 Å². The van der Waals surface area contributed by atoms with E-state index < -0.39 is 22.8 Å². The summed E-state index contributed by atoms with van der Waals surface area (Å²) in [4.78, 5) is 11.9. The van der Waals surface area contributed by atoms with E-state index in [-0.39, 0.29) is 19.1 Å². The van der Waals surface area contributed by atoms with Crippen molar-refractivity contribution in [2.75, 3.05) is 13.2 Å². The summed E-state index contributed by atoms with van der Waals surface area (Å²) in [6.45, 7) is 5.39. The molecule has 1 aliphatic rings. The van der Waals surface area contributed by atoms with Crippen molar-refractivity contribution in [3.8, 4) is 0 Å². The summed E-state index contributed by atoms with van der Waals surface area (Å²) in [6.07, 6.45) is 3.84. The molecule has 0 aromatic carbocycles. The SMILES string of the molecule is C=C/C=C\C(Cl)C(C)C1(N)COCC(O)C1=O. The van der Waals surface area contributed by atoms with Crippen LogP contribution < -0.4 is 5.73 Å². The molecular formula is C12H18ClNO3. The molecule has 4 atom stereocenters. The molecule has 5 heteroatoms. The van der Waals surface area contributed by atoms with Crippen LogP contribution in [0.3, 0.4) is 0 Å². The molecule has 0 aromatic heterocycles. The maximum absolute atomic E-state index is 11.9. The van der Waals surface area contributed by atoms with Crippen LogP contribution in [0.15, 0.2) is 24.8 Å². The number of alkyl halides is 1. The molecule has 0 radical (unpaired) electrons. The first-order valence-corrected chi connectivity index (χ1v) is 5.89. The summed E-state index contributed by atoms with van der Waals surface area (Å²) in [6, 6.07) is 0. The maximum atomic E-state index is 11.9. The van der Waals surface area contributed by atoms with E-state index in [4.69, 9.17) is 22.1 Å². The van der Waals surface area contributed by atoms with E-state index in [0.29, 0.717) is 0 Å². The second kappa shape index (κ2) is 5.78. The first kappa shape index (κ1) is 14.4. The second-order valence-electron chi connectivity index (χ2n) is 4.29. The Hall–Kier alpha value is -0.680. The lowest BCUT2D eigenvalue weighted by Gasteiger charge is -2.39. The summed E-state index contributed by atoms with van der Waals surface area (Å²) in [5.74, 6) is -0.753. The van der Waals surface area contributed by atoms with E-state index in [1.165, 1.54) is 0 Å². The monoisotopic (exact) mass is 259 g/mol. The minimum absolute atomic E-state index is 0.0000468. The van der Waals surface area contributed by atoms with Crippen molar-refractivity contribution in [1.29, 1.82) is 0 Å². The molecule has 0 bridgehead atoms. The quantitative estimate of drug-likeness (QED) is 0.574. The van der Waals surface area contributed by atoms with Crippen LogP contribution in [-0.2, 0) is 9.53 Å². The lowest BCUT2D eigenvalue weighted by atomic mass is 9.77. The van der Waals surface area contributed by atoms with Crippen LogP contribution in [0.25, 0.3) is 0 Å². The van der Waals surface area contributed by atoms with E-state index in [1.807, 2.05) is 0 Å². The van der Waals surface area contributed by atoms with Crippen LogP contribution in [0.5, 0.6) is 0 Å². The first-order chi connectivity index (χ1) is 7.93. The molecular weight excluding hydrogens is 242 g/mol. The summed E-state index contributed by atoms with van der Waals surface area (Å²) in [5, 5.41) is 9.07. The van der Waals surface area contributed by atoms with Gasteiger partial charge in [-0.15, -0.1) is 11.6 Å². The highest BCUT2D eigenvalue weighted by Gasteiger charge is 2.47. The second-order valence-corrected chi connectivity index (χ2v) is 4.79. The van der Waals surface area contributed by atoms with Crippen molar-refractivity contribution in [2.24, 2.45) is 11.7 Å². The van der Waals surface area contributed by atoms with Gasteiger partial charge in [0.05, 0.1) is 18.6 Å². The van der Waals surface area contributed by atoms with Gasteiger partial charge in [0.1, 0.15) is 11.6 Å². The minimum atomic E-state index is -1.24. The Morgan fingerprint density at radius 2 is 2.41 bits per heavy atom. The molecule has 1 heterocycles. The zero-order valence-corrected chi connectivity index (χ0v) is 10.6. The molecule has 4 nitrogen and oxygen atoms in total. The third-order valence-corrected chi connectivity index (χ3v) is 3.62. The average Bonchev–Trinajstić information content (AvgIpc) is 2.32. The highest BCUT2D eigenvalue weighted by Crippen LogP contribution is 2.28. The standard InChI is InChI=1S/C12H18ClNO3/c1-3-4-5-9(13)8(2)12(14)7-17-6-10(15)11(12)16/h3-5,8-10,15H,1,6-7,14H2,2H3/b5-4-. The highest BCUT2D eigenvalue weighted by molar-refractivity contribution is 6.22. The number of hydrogen-bond acceptors (Lipinski definition) is 4. The maximum Gasteiger partial charge on any atom is 0.186 e. The number of Topliss-reactive ketones (excluding diaryl/α,β-unsaturated/α-hetero) is 1. The van der Waals surface area contributed by atoms with Gasteiger partial charge in [0, 0.05) is 5.92 Å². The third kappa shape index (κ3) is 2.96.